The number of sulfonamides is 1. The van der Waals surface area contributed by atoms with Crippen LogP contribution in [0, 0.1) is 0 Å². The fourth-order valence-electron chi connectivity index (χ4n) is 2.09. The normalized spacial score (nSPS) is 15.2. The maximum absolute atomic E-state index is 12.8. The Bertz CT molecular complexity index is 740. The number of benzene rings is 1. The lowest BCUT2D eigenvalue weighted by Crippen LogP contribution is -2.36. The second-order valence-corrected chi connectivity index (χ2v) is 7.87. The number of thioether (sulfide) groups is 1. The molecule has 1 aliphatic heterocycles. The lowest BCUT2D eigenvalue weighted by molar-refractivity contribution is 0.569. The number of hydrogen-bond donors (Lipinski definition) is 0. The summed E-state index contributed by atoms with van der Waals surface area (Å²) >= 11 is 4.81. The molecule has 2 heterocycles. The van der Waals surface area contributed by atoms with E-state index in [1.807, 2.05) is 24.3 Å². The Morgan fingerprint density at radius 3 is 2.80 bits per heavy atom. The van der Waals surface area contributed by atoms with Crippen LogP contribution < -0.4 is 4.31 Å². The molecule has 0 spiro atoms. The summed E-state index contributed by atoms with van der Waals surface area (Å²) in [6.45, 7) is 0.432. The molecule has 9 heteroatoms. The zero-order valence-electron chi connectivity index (χ0n) is 10.5. The summed E-state index contributed by atoms with van der Waals surface area (Å²) in [6.07, 6.45) is 0. The molecule has 0 aliphatic carbocycles. The van der Waals surface area contributed by atoms with Crippen molar-refractivity contribution in [1.29, 1.82) is 0 Å². The first kappa shape index (κ1) is 13.9. The second-order valence-electron chi connectivity index (χ2n) is 4.20. The lowest BCUT2D eigenvalue weighted by atomic mass is 10.3. The Labute approximate surface area is 129 Å². The van der Waals surface area contributed by atoms with Crippen molar-refractivity contribution in [3.63, 3.8) is 0 Å². The summed E-state index contributed by atoms with van der Waals surface area (Å²) in [5.74, 6) is 0.721. The van der Waals surface area contributed by atoms with Gasteiger partial charge in [-0.2, -0.15) is 8.42 Å². The highest BCUT2D eigenvalue weighted by Gasteiger charge is 2.33. The molecule has 3 rings (SSSR count). The Morgan fingerprint density at radius 1 is 1.35 bits per heavy atom. The summed E-state index contributed by atoms with van der Waals surface area (Å²) in [5, 5.41) is 7.56. The first-order valence-corrected chi connectivity index (χ1v) is 9.03. The molecular formula is C11H11BrN4O2S2. The number of para-hydroxylation sites is 1. The third-order valence-corrected chi connectivity index (χ3v) is 6.70. The van der Waals surface area contributed by atoms with Gasteiger partial charge in [-0.1, -0.05) is 17.3 Å². The molecule has 0 unspecified atom stereocenters. The fraction of sp³-hybridized carbons (Fsp3) is 0.273. The molecule has 0 saturated carbocycles. The molecular weight excluding hydrogens is 364 g/mol. The third-order valence-electron chi connectivity index (χ3n) is 2.96. The highest BCUT2D eigenvalue weighted by atomic mass is 79.9. The van der Waals surface area contributed by atoms with Crippen LogP contribution in [0.2, 0.25) is 0 Å². The van der Waals surface area contributed by atoms with E-state index < -0.39 is 10.0 Å². The molecule has 1 aromatic carbocycles. The van der Waals surface area contributed by atoms with Crippen LogP contribution in [-0.4, -0.2) is 35.7 Å². The summed E-state index contributed by atoms with van der Waals surface area (Å²) in [5.41, 5.74) is 0.705. The van der Waals surface area contributed by atoms with Crippen LogP contribution in [0.5, 0.6) is 0 Å². The minimum absolute atomic E-state index is 0.0687. The van der Waals surface area contributed by atoms with Crippen LogP contribution in [0.25, 0.3) is 0 Å². The number of rotatable bonds is 2. The highest BCUT2D eigenvalue weighted by Crippen LogP contribution is 2.38. The van der Waals surface area contributed by atoms with Gasteiger partial charge in [-0.15, -0.1) is 16.9 Å². The first-order chi connectivity index (χ1) is 9.51. The van der Waals surface area contributed by atoms with Crippen molar-refractivity contribution < 1.29 is 8.42 Å². The zero-order chi connectivity index (χ0) is 14.3. The summed E-state index contributed by atoms with van der Waals surface area (Å²) in [6, 6.07) is 7.49. The molecule has 20 heavy (non-hydrogen) atoms. The van der Waals surface area contributed by atoms with E-state index in [0.29, 0.717) is 12.2 Å². The van der Waals surface area contributed by atoms with Gasteiger partial charge in [0, 0.05) is 24.2 Å². The van der Waals surface area contributed by atoms with Crippen molar-refractivity contribution in [2.24, 2.45) is 7.05 Å². The highest BCUT2D eigenvalue weighted by molar-refractivity contribution is 9.10. The monoisotopic (exact) mass is 374 g/mol. The molecule has 1 aromatic heterocycles. The van der Waals surface area contributed by atoms with E-state index in [1.54, 1.807) is 18.8 Å². The Hall–Kier alpha value is -1.06. The molecule has 0 fully saturated rings. The molecule has 106 valence electrons. The van der Waals surface area contributed by atoms with E-state index in [1.165, 1.54) is 8.99 Å². The molecule has 0 amide bonds. The maximum atomic E-state index is 12.8. The van der Waals surface area contributed by atoms with Crippen LogP contribution in [0.15, 0.2) is 38.8 Å². The van der Waals surface area contributed by atoms with E-state index in [2.05, 4.69) is 26.2 Å². The SMILES string of the molecule is Cn1nnc(Br)c1S(=O)(=O)N1CCSc2ccccc21. The summed E-state index contributed by atoms with van der Waals surface area (Å²) in [4.78, 5) is 0.966. The Kier molecular flexibility index (Phi) is 3.51. The topological polar surface area (TPSA) is 68.1 Å². The molecule has 2 aromatic rings. The number of fused-ring (bicyclic) bond motifs is 1. The predicted molar refractivity (Wildman–Crippen MR) is 80.4 cm³/mol. The quantitative estimate of drug-likeness (QED) is 0.802. The number of nitrogens with zero attached hydrogens (tertiary/aromatic N) is 4. The van der Waals surface area contributed by atoms with Crippen LogP contribution >= 0.6 is 27.7 Å². The molecule has 0 bridgehead atoms. The van der Waals surface area contributed by atoms with Gasteiger partial charge in [-0.05, 0) is 28.1 Å². The van der Waals surface area contributed by atoms with Gasteiger partial charge in [-0.3, -0.25) is 4.31 Å². The largest absolute Gasteiger partial charge is 0.284 e. The second kappa shape index (κ2) is 5.05. The number of halogens is 1. The molecule has 1 aliphatic rings. The number of aryl methyl sites for hydroxylation is 1. The van der Waals surface area contributed by atoms with Gasteiger partial charge in [0.15, 0.2) is 4.60 Å². The van der Waals surface area contributed by atoms with Crippen molar-refractivity contribution in [2.45, 2.75) is 9.92 Å². The van der Waals surface area contributed by atoms with E-state index in [-0.39, 0.29) is 9.63 Å². The molecule has 6 nitrogen and oxygen atoms in total. The van der Waals surface area contributed by atoms with Gasteiger partial charge in [0.1, 0.15) is 0 Å². The number of hydrogen-bond acceptors (Lipinski definition) is 5. The van der Waals surface area contributed by atoms with Gasteiger partial charge < -0.3 is 0 Å². The fourth-order valence-corrected chi connectivity index (χ4v) is 5.79. The average molecular weight is 375 g/mol. The van der Waals surface area contributed by atoms with E-state index in [9.17, 15) is 8.42 Å². The van der Waals surface area contributed by atoms with E-state index in [0.717, 1.165) is 10.6 Å². The van der Waals surface area contributed by atoms with Gasteiger partial charge >= 0.3 is 0 Å². The van der Waals surface area contributed by atoms with Crippen LogP contribution in [-0.2, 0) is 17.1 Å². The van der Waals surface area contributed by atoms with Gasteiger partial charge in [0.2, 0.25) is 5.03 Å². The van der Waals surface area contributed by atoms with E-state index in [4.69, 9.17) is 0 Å². The van der Waals surface area contributed by atoms with Crippen molar-refractivity contribution >= 4 is 43.4 Å². The summed E-state index contributed by atoms with van der Waals surface area (Å²) in [7, 11) is -2.12. The predicted octanol–water partition coefficient (Wildman–Crippen LogP) is 1.88. The summed E-state index contributed by atoms with van der Waals surface area (Å²) < 4.78 is 28.6. The van der Waals surface area contributed by atoms with Crippen molar-refractivity contribution in [1.82, 2.24) is 15.0 Å². The Balaban J connectivity index is 2.15. The lowest BCUT2D eigenvalue weighted by Gasteiger charge is -2.29. The molecule has 0 radical (unpaired) electrons. The van der Waals surface area contributed by atoms with Gasteiger partial charge in [-0.25, -0.2) is 4.68 Å². The minimum atomic E-state index is -3.68. The van der Waals surface area contributed by atoms with Crippen molar-refractivity contribution in [3.8, 4) is 0 Å². The van der Waals surface area contributed by atoms with Crippen molar-refractivity contribution in [2.75, 3.05) is 16.6 Å². The standard InChI is InChI=1S/C11H11BrN4O2S2/c1-15-11(10(12)13-14-15)20(17,18)16-6-7-19-9-5-3-2-4-8(9)16/h2-5H,6-7H2,1H3. The van der Waals surface area contributed by atoms with Gasteiger partial charge in [0.05, 0.1) is 5.69 Å². The van der Waals surface area contributed by atoms with Crippen molar-refractivity contribution in [3.05, 3.63) is 28.9 Å². The van der Waals surface area contributed by atoms with Gasteiger partial charge in [0.25, 0.3) is 10.0 Å². The average Bonchev–Trinajstić information content (AvgIpc) is 2.78. The smallest absolute Gasteiger partial charge is 0.263 e. The number of aromatic nitrogens is 3. The Morgan fingerprint density at radius 2 is 2.10 bits per heavy atom. The molecule has 0 atom stereocenters. The maximum Gasteiger partial charge on any atom is 0.284 e. The van der Waals surface area contributed by atoms with Crippen LogP contribution in [0.3, 0.4) is 0 Å². The molecule has 0 saturated heterocycles. The third kappa shape index (κ3) is 2.13. The number of anilines is 1. The van der Waals surface area contributed by atoms with E-state index >= 15 is 0 Å². The first-order valence-electron chi connectivity index (χ1n) is 5.81. The van der Waals surface area contributed by atoms with Crippen LogP contribution in [0.1, 0.15) is 0 Å². The zero-order valence-corrected chi connectivity index (χ0v) is 13.7. The van der Waals surface area contributed by atoms with Crippen LogP contribution in [0.4, 0.5) is 5.69 Å². The minimum Gasteiger partial charge on any atom is -0.263 e. The molecule has 0 N–H and O–H groups in total.